The summed E-state index contributed by atoms with van der Waals surface area (Å²) in [6, 6.07) is 7.19. The number of carboxylic acid groups (broad SMARTS) is 1. The number of carboxylic acids is 1. The lowest BCUT2D eigenvalue weighted by Crippen LogP contribution is -1.96. The van der Waals surface area contributed by atoms with Gasteiger partial charge in [-0.15, -0.1) is 0 Å². The number of aromatic amines is 1. The largest absolute Gasteiger partial charge is 0.476 e. The minimum Gasteiger partial charge on any atom is -0.476 e. The lowest BCUT2D eigenvalue weighted by molar-refractivity contribution is 0.0691. The van der Waals surface area contributed by atoms with E-state index in [1.54, 1.807) is 12.1 Å². The standard InChI is InChI=1S/C11H7ClN4O2/c12-7-3-1-2-6(4-7)9-14-11-13-8(10(17)18)5-16(11)15-9/h1-5H,(H,17,18)(H,13,14,15). The van der Waals surface area contributed by atoms with Crippen molar-refractivity contribution in [1.82, 2.24) is 19.6 Å². The Morgan fingerprint density at radius 3 is 2.89 bits per heavy atom. The predicted octanol–water partition coefficient (Wildman–Crippen LogP) is 2.08. The van der Waals surface area contributed by atoms with Crippen LogP contribution in [0.1, 0.15) is 10.5 Å². The van der Waals surface area contributed by atoms with Crippen LogP contribution in [-0.2, 0) is 0 Å². The number of rotatable bonds is 2. The Morgan fingerprint density at radius 1 is 1.39 bits per heavy atom. The lowest BCUT2D eigenvalue weighted by Gasteiger charge is -1.95. The molecule has 18 heavy (non-hydrogen) atoms. The minimum absolute atomic E-state index is 0.0496. The van der Waals surface area contributed by atoms with Crippen LogP contribution < -0.4 is 0 Å². The first kappa shape index (κ1) is 10.8. The smallest absolute Gasteiger partial charge is 0.356 e. The van der Waals surface area contributed by atoms with Crippen LogP contribution in [0.5, 0.6) is 0 Å². The summed E-state index contributed by atoms with van der Waals surface area (Å²) in [7, 11) is 0. The van der Waals surface area contributed by atoms with Gasteiger partial charge in [-0.25, -0.2) is 14.3 Å². The maximum Gasteiger partial charge on any atom is 0.356 e. The third-order valence-corrected chi connectivity index (χ3v) is 2.68. The normalized spacial score (nSPS) is 10.9. The second-order valence-corrected chi connectivity index (χ2v) is 4.12. The second kappa shape index (κ2) is 3.85. The van der Waals surface area contributed by atoms with Crippen molar-refractivity contribution >= 4 is 23.3 Å². The number of carbonyl (C=O) groups is 1. The van der Waals surface area contributed by atoms with E-state index in [2.05, 4.69) is 15.1 Å². The molecule has 0 aliphatic heterocycles. The highest BCUT2D eigenvalue weighted by molar-refractivity contribution is 6.30. The summed E-state index contributed by atoms with van der Waals surface area (Å²) in [5.74, 6) is -0.197. The van der Waals surface area contributed by atoms with Gasteiger partial charge in [0.25, 0.3) is 5.78 Å². The molecule has 6 nitrogen and oxygen atoms in total. The fourth-order valence-electron chi connectivity index (χ4n) is 1.64. The SMILES string of the molecule is O=C(O)c1cn2[nH]c(-c3cccc(Cl)c3)nc2n1. The lowest BCUT2D eigenvalue weighted by atomic mass is 10.2. The van der Waals surface area contributed by atoms with Crippen LogP contribution in [-0.4, -0.2) is 30.7 Å². The van der Waals surface area contributed by atoms with Gasteiger partial charge in [0.05, 0.1) is 6.20 Å². The molecule has 0 atom stereocenters. The van der Waals surface area contributed by atoms with Crippen LogP contribution >= 0.6 is 11.6 Å². The molecule has 7 heteroatoms. The van der Waals surface area contributed by atoms with E-state index < -0.39 is 5.97 Å². The number of aromatic nitrogens is 4. The number of H-pyrrole nitrogens is 1. The van der Waals surface area contributed by atoms with E-state index in [0.717, 1.165) is 5.56 Å². The van der Waals surface area contributed by atoms with Crippen molar-refractivity contribution in [2.75, 3.05) is 0 Å². The topological polar surface area (TPSA) is 83.3 Å². The molecule has 0 saturated heterocycles. The van der Waals surface area contributed by atoms with Crippen LogP contribution in [0, 0.1) is 0 Å². The van der Waals surface area contributed by atoms with E-state index in [9.17, 15) is 4.79 Å². The Kier molecular flexibility index (Phi) is 2.31. The van der Waals surface area contributed by atoms with Gasteiger partial charge < -0.3 is 5.11 Å². The molecule has 0 aliphatic rings. The molecule has 90 valence electrons. The highest BCUT2D eigenvalue weighted by atomic mass is 35.5. The Hall–Kier alpha value is -2.34. The van der Waals surface area contributed by atoms with E-state index in [1.165, 1.54) is 10.7 Å². The summed E-state index contributed by atoms with van der Waals surface area (Å²) < 4.78 is 1.46. The van der Waals surface area contributed by atoms with Crippen molar-refractivity contribution in [1.29, 1.82) is 0 Å². The summed E-state index contributed by atoms with van der Waals surface area (Å²) >= 11 is 5.89. The highest BCUT2D eigenvalue weighted by Crippen LogP contribution is 2.20. The van der Waals surface area contributed by atoms with E-state index >= 15 is 0 Å². The molecule has 2 N–H and O–H groups in total. The average molecular weight is 263 g/mol. The molecule has 0 radical (unpaired) electrons. The Balaban J connectivity index is 2.09. The molecular weight excluding hydrogens is 256 g/mol. The third kappa shape index (κ3) is 1.72. The monoisotopic (exact) mass is 262 g/mol. The van der Waals surface area contributed by atoms with Crippen molar-refractivity contribution in [3.63, 3.8) is 0 Å². The van der Waals surface area contributed by atoms with Gasteiger partial charge in [-0.3, -0.25) is 5.10 Å². The number of hydrogen-bond donors (Lipinski definition) is 2. The summed E-state index contributed by atoms with van der Waals surface area (Å²) in [6.07, 6.45) is 1.37. The van der Waals surface area contributed by atoms with E-state index in [1.807, 2.05) is 12.1 Å². The number of halogens is 1. The van der Waals surface area contributed by atoms with E-state index in [0.29, 0.717) is 16.6 Å². The molecular formula is C11H7ClN4O2. The molecule has 1 aromatic carbocycles. The van der Waals surface area contributed by atoms with Gasteiger partial charge in [-0.05, 0) is 12.1 Å². The van der Waals surface area contributed by atoms with Crippen molar-refractivity contribution in [3.8, 4) is 11.4 Å². The number of fused-ring (bicyclic) bond motifs is 1. The highest BCUT2D eigenvalue weighted by Gasteiger charge is 2.12. The van der Waals surface area contributed by atoms with Crippen molar-refractivity contribution in [2.24, 2.45) is 0 Å². The molecule has 2 aromatic heterocycles. The first-order valence-corrected chi connectivity index (χ1v) is 5.45. The molecule has 2 heterocycles. The van der Waals surface area contributed by atoms with Crippen LogP contribution in [0.25, 0.3) is 17.2 Å². The summed E-state index contributed by atoms with van der Waals surface area (Å²) in [5, 5.41) is 12.3. The zero-order valence-electron chi connectivity index (χ0n) is 8.96. The third-order valence-electron chi connectivity index (χ3n) is 2.44. The first-order chi connectivity index (χ1) is 8.63. The van der Waals surface area contributed by atoms with Gasteiger partial charge in [0, 0.05) is 10.6 Å². The molecule has 0 amide bonds. The summed E-state index contributed by atoms with van der Waals surface area (Å²) in [6.45, 7) is 0. The van der Waals surface area contributed by atoms with Gasteiger partial charge in [-0.2, -0.15) is 4.98 Å². The molecule has 0 saturated carbocycles. The van der Waals surface area contributed by atoms with Crippen LogP contribution in [0.2, 0.25) is 5.02 Å². The molecule has 0 fully saturated rings. The number of benzene rings is 1. The average Bonchev–Trinajstić information content (AvgIpc) is 2.86. The Morgan fingerprint density at radius 2 is 2.22 bits per heavy atom. The second-order valence-electron chi connectivity index (χ2n) is 3.68. The Bertz CT molecular complexity index is 715. The minimum atomic E-state index is -1.08. The van der Waals surface area contributed by atoms with Gasteiger partial charge in [0.2, 0.25) is 0 Å². The van der Waals surface area contributed by atoms with Gasteiger partial charge in [-0.1, -0.05) is 23.7 Å². The molecule has 3 aromatic rings. The number of imidazole rings is 1. The fourth-order valence-corrected chi connectivity index (χ4v) is 1.83. The quantitative estimate of drug-likeness (QED) is 0.741. The number of nitrogens with one attached hydrogen (secondary N) is 1. The maximum atomic E-state index is 10.7. The van der Waals surface area contributed by atoms with Gasteiger partial charge >= 0.3 is 5.97 Å². The van der Waals surface area contributed by atoms with Crippen LogP contribution in [0.15, 0.2) is 30.5 Å². The van der Waals surface area contributed by atoms with Crippen molar-refractivity contribution < 1.29 is 9.90 Å². The molecule has 0 spiro atoms. The number of nitrogens with zero attached hydrogens (tertiary/aromatic N) is 3. The summed E-state index contributed by atoms with van der Waals surface area (Å²) in [4.78, 5) is 18.8. The fraction of sp³-hybridized carbons (Fsp3) is 0. The summed E-state index contributed by atoms with van der Waals surface area (Å²) in [5.41, 5.74) is 0.760. The first-order valence-electron chi connectivity index (χ1n) is 5.08. The van der Waals surface area contributed by atoms with Gasteiger partial charge in [0.15, 0.2) is 11.5 Å². The zero-order chi connectivity index (χ0) is 12.7. The van der Waals surface area contributed by atoms with Crippen LogP contribution in [0.4, 0.5) is 0 Å². The molecule has 0 bridgehead atoms. The maximum absolute atomic E-state index is 10.7. The van der Waals surface area contributed by atoms with Crippen molar-refractivity contribution in [3.05, 3.63) is 41.2 Å². The van der Waals surface area contributed by atoms with Gasteiger partial charge in [0.1, 0.15) is 0 Å². The molecule has 0 aliphatic carbocycles. The van der Waals surface area contributed by atoms with E-state index in [-0.39, 0.29) is 5.69 Å². The predicted molar refractivity (Wildman–Crippen MR) is 64.7 cm³/mol. The number of hydrogen-bond acceptors (Lipinski definition) is 3. The Labute approximate surface area is 106 Å². The molecule has 0 unspecified atom stereocenters. The number of aromatic carboxylic acids is 1. The zero-order valence-corrected chi connectivity index (χ0v) is 9.72. The van der Waals surface area contributed by atoms with Crippen LogP contribution in [0.3, 0.4) is 0 Å². The van der Waals surface area contributed by atoms with Crippen molar-refractivity contribution in [2.45, 2.75) is 0 Å². The van der Waals surface area contributed by atoms with E-state index in [4.69, 9.17) is 16.7 Å². The molecule has 3 rings (SSSR count).